The van der Waals surface area contributed by atoms with E-state index in [1.807, 2.05) is 48.2 Å². The highest BCUT2D eigenvalue weighted by atomic mass is 16.3. The molecule has 1 aromatic carbocycles. The molecule has 1 aromatic heterocycles. The molecule has 1 N–H and O–H groups in total. The van der Waals surface area contributed by atoms with E-state index in [2.05, 4.69) is 12.2 Å². The smallest absolute Gasteiger partial charge is 0.258 e. The number of para-hydroxylation sites is 1. The van der Waals surface area contributed by atoms with Crippen LogP contribution in [0.2, 0.25) is 0 Å². The van der Waals surface area contributed by atoms with Crippen molar-refractivity contribution in [1.29, 1.82) is 0 Å². The Hall–Kier alpha value is -2.23. The molecule has 0 saturated carbocycles. The molecule has 3 rings (SSSR count). The molecule has 0 fully saturated rings. The van der Waals surface area contributed by atoms with E-state index in [1.54, 1.807) is 6.26 Å². The van der Waals surface area contributed by atoms with Gasteiger partial charge in [0.2, 0.25) is 0 Å². The molecular formula is C17H20N2O2. The van der Waals surface area contributed by atoms with Crippen LogP contribution < -0.4 is 5.32 Å². The number of anilines is 1. The van der Waals surface area contributed by atoms with E-state index in [-0.39, 0.29) is 5.91 Å². The normalized spacial score (nSPS) is 21.0. The fourth-order valence-corrected chi connectivity index (χ4v) is 2.85. The SMILES string of the molecule is CCCCN1C(=O)c2ccccc2NC1(C)c1ccco1. The van der Waals surface area contributed by atoms with Crippen molar-refractivity contribution in [2.75, 3.05) is 11.9 Å². The van der Waals surface area contributed by atoms with Crippen LogP contribution in [0.1, 0.15) is 42.8 Å². The predicted molar refractivity (Wildman–Crippen MR) is 82.1 cm³/mol. The number of benzene rings is 1. The van der Waals surface area contributed by atoms with Crippen LogP contribution in [0, 0.1) is 0 Å². The molecule has 1 atom stereocenters. The Bertz CT molecular complexity index is 636. The molecule has 0 radical (unpaired) electrons. The minimum atomic E-state index is -0.649. The number of fused-ring (bicyclic) bond motifs is 1. The lowest BCUT2D eigenvalue weighted by molar-refractivity contribution is 0.0481. The second-order valence-corrected chi connectivity index (χ2v) is 5.53. The maximum absolute atomic E-state index is 12.9. The van der Waals surface area contributed by atoms with Gasteiger partial charge in [-0.25, -0.2) is 0 Å². The van der Waals surface area contributed by atoms with Crippen molar-refractivity contribution >= 4 is 11.6 Å². The standard InChI is InChI=1S/C17H20N2O2/c1-3-4-11-19-16(20)13-8-5-6-9-14(13)18-17(19,2)15-10-7-12-21-15/h5-10,12,18H,3-4,11H2,1-2H3. The van der Waals surface area contributed by atoms with Crippen molar-refractivity contribution < 1.29 is 9.21 Å². The molecule has 110 valence electrons. The van der Waals surface area contributed by atoms with Crippen LogP contribution in [0.3, 0.4) is 0 Å². The summed E-state index contributed by atoms with van der Waals surface area (Å²) in [4.78, 5) is 14.8. The average Bonchev–Trinajstić information content (AvgIpc) is 3.02. The number of amides is 1. The van der Waals surface area contributed by atoms with Crippen LogP contribution in [0.25, 0.3) is 0 Å². The van der Waals surface area contributed by atoms with Crippen LogP contribution in [0.5, 0.6) is 0 Å². The third-order valence-corrected chi connectivity index (χ3v) is 4.06. The number of furan rings is 1. The molecule has 0 aliphatic carbocycles. The van der Waals surface area contributed by atoms with Crippen molar-refractivity contribution in [2.24, 2.45) is 0 Å². The van der Waals surface area contributed by atoms with Gasteiger partial charge >= 0.3 is 0 Å². The zero-order valence-electron chi connectivity index (χ0n) is 12.4. The molecule has 4 heteroatoms. The van der Waals surface area contributed by atoms with Gasteiger partial charge in [-0.1, -0.05) is 25.5 Å². The summed E-state index contributed by atoms with van der Waals surface area (Å²) in [6, 6.07) is 11.4. The number of rotatable bonds is 4. The first kappa shape index (κ1) is 13.7. The van der Waals surface area contributed by atoms with Gasteiger partial charge in [0, 0.05) is 12.2 Å². The third-order valence-electron chi connectivity index (χ3n) is 4.06. The number of carbonyl (C=O) groups is 1. The Morgan fingerprint density at radius 3 is 2.76 bits per heavy atom. The number of nitrogens with one attached hydrogen (secondary N) is 1. The summed E-state index contributed by atoms with van der Waals surface area (Å²) in [6.45, 7) is 4.82. The van der Waals surface area contributed by atoms with Crippen molar-refractivity contribution in [3.8, 4) is 0 Å². The molecule has 0 spiro atoms. The predicted octanol–water partition coefficient (Wildman–Crippen LogP) is 3.82. The molecule has 1 aliphatic rings. The monoisotopic (exact) mass is 284 g/mol. The summed E-state index contributed by atoms with van der Waals surface area (Å²) in [5.74, 6) is 0.804. The van der Waals surface area contributed by atoms with E-state index in [1.165, 1.54) is 0 Å². The maximum atomic E-state index is 12.9. The van der Waals surface area contributed by atoms with E-state index in [9.17, 15) is 4.79 Å². The van der Waals surface area contributed by atoms with Gasteiger partial charge in [0.15, 0.2) is 5.66 Å². The molecule has 1 unspecified atom stereocenters. The van der Waals surface area contributed by atoms with Crippen LogP contribution in [0.4, 0.5) is 5.69 Å². The summed E-state index contributed by atoms with van der Waals surface area (Å²) in [6.07, 6.45) is 3.65. The molecule has 2 aromatic rings. The van der Waals surface area contributed by atoms with E-state index >= 15 is 0 Å². The van der Waals surface area contributed by atoms with Gasteiger partial charge in [-0.05, 0) is 37.6 Å². The van der Waals surface area contributed by atoms with Crippen molar-refractivity contribution in [3.05, 3.63) is 54.0 Å². The summed E-state index contributed by atoms with van der Waals surface area (Å²) in [5, 5.41) is 3.48. The zero-order valence-corrected chi connectivity index (χ0v) is 12.4. The second-order valence-electron chi connectivity index (χ2n) is 5.53. The van der Waals surface area contributed by atoms with Gasteiger partial charge in [0.05, 0.1) is 11.8 Å². The molecular weight excluding hydrogens is 264 g/mol. The Kier molecular flexibility index (Phi) is 3.45. The summed E-state index contributed by atoms with van der Waals surface area (Å²) >= 11 is 0. The number of nitrogens with zero attached hydrogens (tertiary/aromatic N) is 1. The molecule has 21 heavy (non-hydrogen) atoms. The summed E-state index contributed by atoms with van der Waals surface area (Å²) in [7, 11) is 0. The van der Waals surface area contributed by atoms with Gasteiger partial charge in [-0.3, -0.25) is 4.79 Å². The van der Waals surface area contributed by atoms with Crippen LogP contribution in [-0.4, -0.2) is 17.4 Å². The number of hydrogen-bond acceptors (Lipinski definition) is 3. The highest BCUT2D eigenvalue weighted by Gasteiger charge is 2.43. The number of hydrogen-bond donors (Lipinski definition) is 1. The molecule has 1 aliphatic heterocycles. The highest BCUT2D eigenvalue weighted by Crippen LogP contribution is 2.37. The summed E-state index contributed by atoms with van der Waals surface area (Å²) < 4.78 is 5.59. The highest BCUT2D eigenvalue weighted by molar-refractivity contribution is 6.02. The van der Waals surface area contributed by atoms with Gasteiger partial charge in [-0.2, -0.15) is 0 Å². The molecule has 2 heterocycles. The van der Waals surface area contributed by atoms with E-state index in [0.717, 1.165) is 29.9 Å². The number of carbonyl (C=O) groups excluding carboxylic acids is 1. The molecule has 0 saturated heterocycles. The van der Waals surface area contributed by atoms with Crippen LogP contribution >= 0.6 is 0 Å². The van der Waals surface area contributed by atoms with Gasteiger partial charge in [0.25, 0.3) is 5.91 Å². The first-order valence-electron chi connectivity index (χ1n) is 7.40. The maximum Gasteiger partial charge on any atom is 0.258 e. The largest absolute Gasteiger partial charge is 0.465 e. The minimum Gasteiger partial charge on any atom is -0.465 e. The topological polar surface area (TPSA) is 45.5 Å². The van der Waals surface area contributed by atoms with Crippen molar-refractivity contribution in [3.63, 3.8) is 0 Å². The lowest BCUT2D eigenvalue weighted by Gasteiger charge is -2.45. The Balaban J connectivity index is 2.07. The molecule has 4 nitrogen and oxygen atoms in total. The molecule has 0 bridgehead atoms. The Morgan fingerprint density at radius 2 is 2.05 bits per heavy atom. The Labute approximate surface area is 124 Å². The van der Waals surface area contributed by atoms with E-state index < -0.39 is 5.66 Å². The van der Waals surface area contributed by atoms with Gasteiger partial charge in [-0.15, -0.1) is 0 Å². The van der Waals surface area contributed by atoms with Crippen LogP contribution in [-0.2, 0) is 5.66 Å². The van der Waals surface area contributed by atoms with E-state index in [0.29, 0.717) is 6.54 Å². The van der Waals surface area contributed by atoms with Gasteiger partial charge < -0.3 is 14.6 Å². The third kappa shape index (κ3) is 2.20. The summed E-state index contributed by atoms with van der Waals surface area (Å²) in [5.41, 5.74) is 0.927. The van der Waals surface area contributed by atoms with Gasteiger partial charge in [0.1, 0.15) is 5.76 Å². The molecule has 1 amide bonds. The number of unbranched alkanes of at least 4 members (excludes halogenated alkanes) is 1. The minimum absolute atomic E-state index is 0.0525. The fraction of sp³-hybridized carbons (Fsp3) is 0.353. The lowest BCUT2D eigenvalue weighted by Crippen LogP contribution is -2.55. The average molecular weight is 284 g/mol. The van der Waals surface area contributed by atoms with Crippen molar-refractivity contribution in [2.45, 2.75) is 32.4 Å². The van der Waals surface area contributed by atoms with E-state index in [4.69, 9.17) is 4.42 Å². The zero-order chi connectivity index (χ0) is 14.9. The Morgan fingerprint density at radius 1 is 1.24 bits per heavy atom. The second kappa shape index (κ2) is 5.28. The van der Waals surface area contributed by atoms with Crippen molar-refractivity contribution in [1.82, 2.24) is 4.90 Å². The quantitative estimate of drug-likeness (QED) is 0.928. The first-order valence-corrected chi connectivity index (χ1v) is 7.40. The lowest BCUT2D eigenvalue weighted by atomic mass is 9.98. The van der Waals surface area contributed by atoms with Crippen LogP contribution in [0.15, 0.2) is 47.1 Å². The fourth-order valence-electron chi connectivity index (χ4n) is 2.85. The first-order chi connectivity index (χ1) is 10.2.